The number of amidine groups is 1. The van der Waals surface area contributed by atoms with Crippen LogP contribution in [-0.2, 0) is 4.79 Å². The summed E-state index contributed by atoms with van der Waals surface area (Å²) < 4.78 is 37.8. The molecule has 0 aromatic carbocycles. The Kier molecular flexibility index (Phi) is 4.77. The highest BCUT2D eigenvalue weighted by molar-refractivity contribution is 5.91. The summed E-state index contributed by atoms with van der Waals surface area (Å²) in [6.45, 7) is 14.7. The zero-order valence-corrected chi connectivity index (χ0v) is 16.0. The summed E-state index contributed by atoms with van der Waals surface area (Å²) >= 11 is 0. The lowest BCUT2D eigenvalue weighted by atomic mass is 9.79. The number of hydrogen-bond donors (Lipinski definition) is 1. The minimum absolute atomic E-state index is 0.0301. The van der Waals surface area contributed by atoms with Crippen LogP contribution in [-0.4, -0.2) is 41.4 Å². The van der Waals surface area contributed by atoms with Gasteiger partial charge in [0.1, 0.15) is 5.84 Å². The Hall–Kier alpha value is -1.53. The predicted octanol–water partition coefficient (Wildman–Crippen LogP) is 3.89. The van der Waals surface area contributed by atoms with Gasteiger partial charge in [0.15, 0.2) is 0 Å². The topological polar surface area (TPSA) is 44.7 Å². The summed E-state index contributed by atoms with van der Waals surface area (Å²) in [4.78, 5) is 18.2. The molecule has 1 amide bonds. The fourth-order valence-corrected chi connectivity index (χ4v) is 3.79. The summed E-state index contributed by atoms with van der Waals surface area (Å²) in [6.07, 6.45) is -4.47. The van der Waals surface area contributed by atoms with E-state index in [0.717, 1.165) is 17.1 Å². The number of rotatable bonds is 1. The van der Waals surface area contributed by atoms with Gasteiger partial charge in [0.05, 0.1) is 12.1 Å². The summed E-state index contributed by atoms with van der Waals surface area (Å²) in [5, 5.41) is 2.14. The van der Waals surface area contributed by atoms with Gasteiger partial charge in [-0.3, -0.25) is 9.79 Å². The molecule has 0 radical (unpaired) electrons. The van der Waals surface area contributed by atoms with E-state index in [2.05, 4.69) is 26.1 Å². The lowest BCUT2D eigenvalue weighted by molar-refractivity contribution is -0.174. The van der Waals surface area contributed by atoms with Gasteiger partial charge in [0.25, 0.3) is 0 Å². The molecule has 1 N–H and O–H groups in total. The number of nitrogens with zero attached hydrogens (tertiary/aromatic N) is 2. The Bertz CT molecular complexity index is 621. The number of carbonyl (C=O) groups is 1. The monoisotopic (exact) mass is 359 g/mol. The zero-order valence-electron chi connectivity index (χ0n) is 16.0. The first-order valence-electron chi connectivity index (χ1n) is 8.59. The number of alkyl halides is 3. The van der Waals surface area contributed by atoms with Gasteiger partial charge < -0.3 is 10.2 Å². The molecule has 142 valence electrons. The Morgan fingerprint density at radius 1 is 1.12 bits per heavy atom. The van der Waals surface area contributed by atoms with Crippen LogP contribution in [0.2, 0.25) is 0 Å². The van der Waals surface area contributed by atoms with Crippen molar-refractivity contribution >= 4 is 11.7 Å². The maximum absolute atomic E-state index is 12.6. The van der Waals surface area contributed by atoms with Gasteiger partial charge in [-0.15, -0.1) is 0 Å². The molecule has 7 heteroatoms. The molecule has 1 saturated heterocycles. The molecule has 2 atom stereocenters. The normalized spacial score (nSPS) is 25.0. The van der Waals surface area contributed by atoms with E-state index in [1.165, 1.54) is 0 Å². The third kappa shape index (κ3) is 4.01. The average molecular weight is 359 g/mol. The molecular weight excluding hydrogens is 331 g/mol. The van der Waals surface area contributed by atoms with Gasteiger partial charge in [-0.05, 0) is 17.9 Å². The highest BCUT2D eigenvalue weighted by atomic mass is 19.4. The quantitative estimate of drug-likeness (QED) is 0.772. The van der Waals surface area contributed by atoms with Gasteiger partial charge in [0.2, 0.25) is 0 Å². The van der Waals surface area contributed by atoms with Crippen molar-refractivity contribution in [2.24, 2.45) is 15.8 Å². The molecule has 2 aliphatic heterocycles. The third-order valence-corrected chi connectivity index (χ3v) is 4.54. The average Bonchev–Trinajstić information content (AvgIpc) is 2.76. The van der Waals surface area contributed by atoms with Crippen LogP contribution < -0.4 is 5.32 Å². The lowest BCUT2D eigenvalue weighted by Gasteiger charge is -2.41. The van der Waals surface area contributed by atoms with Crippen LogP contribution in [0.5, 0.6) is 0 Å². The Labute approximate surface area is 147 Å². The standard InChI is InChI=1S/C18H28F3N3O/c1-10-13(16(2,3)4)12-8-11(23-15(25)18(19,20)21)9-24(12)14(22-10)17(5,6)7/h10-11H,8-9H2,1-7H3,(H,23,25)/t10-,11-/m0/s1. The van der Waals surface area contributed by atoms with Crippen LogP contribution in [0.4, 0.5) is 13.2 Å². The minimum atomic E-state index is -4.86. The van der Waals surface area contributed by atoms with Gasteiger partial charge in [-0.1, -0.05) is 41.5 Å². The number of halogens is 3. The van der Waals surface area contributed by atoms with Crippen molar-refractivity contribution in [3.63, 3.8) is 0 Å². The molecular formula is C18H28F3N3O. The van der Waals surface area contributed by atoms with Crippen LogP contribution in [0.1, 0.15) is 54.9 Å². The number of amides is 1. The van der Waals surface area contributed by atoms with Crippen molar-refractivity contribution in [3.8, 4) is 0 Å². The summed E-state index contributed by atoms with van der Waals surface area (Å²) in [5.41, 5.74) is 1.76. The molecule has 0 saturated carbocycles. The first kappa shape index (κ1) is 19.8. The number of fused-ring (bicyclic) bond motifs is 1. The van der Waals surface area contributed by atoms with Crippen molar-refractivity contribution in [1.82, 2.24) is 10.2 Å². The molecule has 1 fully saturated rings. The number of hydrogen-bond acceptors (Lipinski definition) is 3. The largest absolute Gasteiger partial charge is 0.471 e. The fraction of sp³-hybridized carbons (Fsp3) is 0.778. The molecule has 4 nitrogen and oxygen atoms in total. The maximum atomic E-state index is 12.6. The van der Waals surface area contributed by atoms with E-state index < -0.39 is 18.1 Å². The maximum Gasteiger partial charge on any atom is 0.471 e. The van der Waals surface area contributed by atoms with Crippen molar-refractivity contribution < 1.29 is 18.0 Å². The molecule has 0 aromatic rings. The van der Waals surface area contributed by atoms with E-state index in [9.17, 15) is 18.0 Å². The Morgan fingerprint density at radius 3 is 2.12 bits per heavy atom. The fourth-order valence-electron chi connectivity index (χ4n) is 3.79. The van der Waals surface area contributed by atoms with E-state index in [1.54, 1.807) is 0 Å². The predicted molar refractivity (Wildman–Crippen MR) is 92.1 cm³/mol. The molecule has 0 unspecified atom stereocenters. The second-order valence-electron chi connectivity index (χ2n) is 8.97. The SMILES string of the molecule is C[C@@H]1N=C(C(C)(C)C)N2C[C@@H](NC(=O)C(F)(F)F)CC2=C1C(C)(C)C. The molecule has 0 aromatic heterocycles. The van der Waals surface area contributed by atoms with Crippen LogP contribution >= 0.6 is 0 Å². The molecule has 0 aliphatic carbocycles. The van der Waals surface area contributed by atoms with E-state index in [-0.39, 0.29) is 16.9 Å². The summed E-state index contributed by atoms with van der Waals surface area (Å²) in [7, 11) is 0. The van der Waals surface area contributed by atoms with Gasteiger partial charge >= 0.3 is 12.1 Å². The number of nitrogens with one attached hydrogen (secondary N) is 1. The highest BCUT2D eigenvalue weighted by Gasteiger charge is 2.45. The van der Waals surface area contributed by atoms with Gasteiger partial charge in [-0.25, -0.2) is 0 Å². The van der Waals surface area contributed by atoms with Crippen molar-refractivity contribution in [2.75, 3.05) is 6.54 Å². The summed E-state index contributed by atoms with van der Waals surface area (Å²) in [5.74, 6) is -1.01. The number of aliphatic imine (C=N–C) groups is 1. The van der Waals surface area contributed by atoms with Crippen molar-refractivity contribution in [2.45, 2.75) is 73.1 Å². The zero-order chi connectivity index (χ0) is 19.4. The van der Waals surface area contributed by atoms with E-state index in [4.69, 9.17) is 4.99 Å². The van der Waals surface area contributed by atoms with E-state index in [0.29, 0.717) is 13.0 Å². The van der Waals surface area contributed by atoms with E-state index >= 15 is 0 Å². The second-order valence-corrected chi connectivity index (χ2v) is 8.97. The lowest BCUT2D eigenvalue weighted by Crippen LogP contribution is -2.47. The van der Waals surface area contributed by atoms with Gasteiger partial charge in [-0.2, -0.15) is 13.2 Å². The Balaban J connectivity index is 2.40. The van der Waals surface area contributed by atoms with Crippen LogP contribution in [0.15, 0.2) is 16.3 Å². The third-order valence-electron chi connectivity index (χ3n) is 4.54. The van der Waals surface area contributed by atoms with Gasteiger partial charge in [0, 0.05) is 24.1 Å². The van der Waals surface area contributed by atoms with Crippen LogP contribution in [0.25, 0.3) is 0 Å². The number of carbonyl (C=O) groups excluding carboxylic acids is 1. The Morgan fingerprint density at radius 2 is 1.68 bits per heavy atom. The molecule has 0 bridgehead atoms. The highest BCUT2D eigenvalue weighted by Crippen LogP contribution is 2.42. The minimum Gasteiger partial charge on any atom is -0.343 e. The molecule has 0 spiro atoms. The first-order valence-corrected chi connectivity index (χ1v) is 8.59. The van der Waals surface area contributed by atoms with Crippen LogP contribution in [0, 0.1) is 10.8 Å². The van der Waals surface area contributed by atoms with Crippen molar-refractivity contribution in [3.05, 3.63) is 11.3 Å². The molecule has 2 rings (SSSR count). The molecule has 2 heterocycles. The first-order chi connectivity index (χ1) is 11.1. The van der Waals surface area contributed by atoms with Crippen molar-refractivity contribution in [1.29, 1.82) is 0 Å². The smallest absolute Gasteiger partial charge is 0.343 e. The molecule has 2 aliphatic rings. The molecule has 25 heavy (non-hydrogen) atoms. The van der Waals surface area contributed by atoms with Crippen LogP contribution in [0.3, 0.4) is 0 Å². The second kappa shape index (κ2) is 6.02. The summed E-state index contributed by atoms with van der Waals surface area (Å²) in [6, 6.07) is -0.600. The van der Waals surface area contributed by atoms with E-state index in [1.807, 2.05) is 32.6 Å².